The van der Waals surface area contributed by atoms with Crippen molar-refractivity contribution in [3.05, 3.63) is 78.3 Å². The van der Waals surface area contributed by atoms with Gasteiger partial charge in [0, 0.05) is 68.5 Å². The van der Waals surface area contributed by atoms with Gasteiger partial charge in [0.2, 0.25) is 0 Å². The fourth-order valence-corrected chi connectivity index (χ4v) is 5.08. The fraction of sp³-hybridized carbons (Fsp3) is 0.407. The molecule has 0 bridgehead atoms. The maximum Gasteiger partial charge on any atom is 0.123 e. The Hall–Kier alpha value is -3.07. The summed E-state index contributed by atoms with van der Waals surface area (Å²) < 4.78 is 21.1. The third-order valence-corrected chi connectivity index (χ3v) is 7.02. The van der Waals surface area contributed by atoms with Crippen LogP contribution in [0.1, 0.15) is 23.5 Å². The maximum absolute atomic E-state index is 13.7. The molecule has 0 aliphatic carbocycles. The van der Waals surface area contributed by atoms with E-state index >= 15 is 0 Å². The molecule has 5 rings (SSSR count). The van der Waals surface area contributed by atoms with Gasteiger partial charge in [-0.3, -0.25) is 4.57 Å². The lowest BCUT2D eigenvalue weighted by molar-refractivity contribution is 0.105. The Morgan fingerprint density at radius 2 is 1.83 bits per heavy atom. The molecule has 7 nitrogen and oxygen atoms in total. The quantitative estimate of drug-likeness (QED) is 0.377. The Labute approximate surface area is 205 Å². The van der Waals surface area contributed by atoms with Crippen LogP contribution < -0.4 is 0 Å². The number of piperazine rings is 1. The van der Waals surface area contributed by atoms with Crippen LogP contribution in [0.15, 0.2) is 61.3 Å². The van der Waals surface area contributed by atoms with Gasteiger partial charge in [-0.15, -0.1) is 10.2 Å². The van der Waals surface area contributed by atoms with Crippen molar-refractivity contribution in [1.82, 2.24) is 29.5 Å². The number of aromatic amines is 1. The number of methoxy groups -OCH3 is 1. The van der Waals surface area contributed by atoms with Crippen molar-refractivity contribution in [3.8, 4) is 5.69 Å². The minimum absolute atomic E-state index is 0.182. The summed E-state index contributed by atoms with van der Waals surface area (Å²) in [5, 5.41) is 9.09. The van der Waals surface area contributed by atoms with Gasteiger partial charge in [0.15, 0.2) is 0 Å². The number of aromatic nitrogens is 4. The molecule has 2 aromatic heterocycles. The summed E-state index contributed by atoms with van der Waals surface area (Å²) in [5.41, 5.74) is 4.60. The monoisotopic (exact) mass is 476 g/mol. The molecule has 0 spiro atoms. The first kappa shape index (κ1) is 23.7. The van der Waals surface area contributed by atoms with E-state index in [0.29, 0.717) is 6.61 Å². The SMILES string of the molecule is COCC(CN1CCN(CCCc2c[nH]c3ccc(-n4cnnc4)cc23)CC1)c1cccc(F)c1. The van der Waals surface area contributed by atoms with Crippen molar-refractivity contribution in [2.45, 2.75) is 18.8 Å². The highest BCUT2D eigenvalue weighted by atomic mass is 19.1. The topological polar surface area (TPSA) is 62.2 Å². The van der Waals surface area contributed by atoms with E-state index in [9.17, 15) is 4.39 Å². The first-order valence-electron chi connectivity index (χ1n) is 12.3. The average molecular weight is 477 g/mol. The molecule has 184 valence electrons. The zero-order chi connectivity index (χ0) is 24.0. The second kappa shape index (κ2) is 11.1. The zero-order valence-corrected chi connectivity index (χ0v) is 20.2. The summed E-state index contributed by atoms with van der Waals surface area (Å²) >= 11 is 0. The minimum Gasteiger partial charge on any atom is -0.384 e. The molecule has 1 N–H and O–H groups in total. The number of aryl methyl sites for hydroxylation is 1. The standard InChI is InChI=1S/C27H33FN6O/c1-35-18-23(21-4-2-6-24(28)14-21)17-33-12-10-32(11-13-33)9-3-5-22-16-29-27-8-7-25(15-26(22)27)34-19-30-31-20-34/h2,4,6-8,14-16,19-20,23,29H,3,5,9-13,17-18H2,1H3. The number of halogens is 1. The van der Waals surface area contributed by atoms with E-state index in [1.807, 2.05) is 10.6 Å². The van der Waals surface area contributed by atoms with Gasteiger partial charge in [-0.2, -0.15) is 0 Å². The maximum atomic E-state index is 13.7. The number of hydrogen-bond donors (Lipinski definition) is 1. The van der Waals surface area contributed by atoms with E-state index in [-0.39, 0.29) is 11.7 Å². The minimum atomic E-state index is -0.182. The van der Waals surface area contributed by atoms with Crippen LogP contribution in [0.4, 0.5) is 4.39 Å². The number of benzene rings is 2. The summed E-state index contributed by atoms with van der Waals surface area (Å²) in [7, 11) is 1.72. The predicted octanol–water partition coefficient (Wildman–Crippen LogP) is 3.87. The molecular weight excluding hydrogens is 443 g/mol. The molecule has 0 amide bonds. The molecule has 3 heterocycles. The first-order valence-corrected chi connectivity index (χ1v) is 12.3. The highest BCUT2D eigenvalue weighted by molar-refractivity contribution is 5.85. The third kappa shape index (κ3) is 5.78. The van der Waals surface area contributed by atoms with Crippen molar-refractivity contribution in [2.24, 2.45) is 0 Å². The third-order valence-electron chi connectivity index (χ3n) is 7.02. The van der Waals surface area contributed by atoms with Gasteiger partial charge in [0.05, 0.1) is 6.61 Å². The van der Waals surface area contributed by atoms with Crippen molar-refractivity contribution < 1.29 is 9.13 Å². The van der Waals surface area contributed by atoms with E-state index < -0.39 is 0 Å². The van der Waals surface area contributed by atoms with Gasteiger partial charge in [-0.1, -0.05) is 12.1 Å². The molecular formula is C27H33FN6O. The van der Waals surface area contributed by atoms with E-state index in [4.69, 9.17) is 4.74 Å². The van der Waals surface area contributed by atoms with E-state index in [2.05, 4.69) is 49.4 Å². The molecule has 1 aliphatic rings. The smallest absolute Gasteiger partial charge is 0.123 e. The van der Waals surface area contributed by atoms with Crippen molar-refractivity contribution in [3.63, 3.8) is 0 Å². The summed E-state index contributed by atoms with van der Waals surface area (Å²) in [5.74, 6) is 0.00528. The first-order chi connectivity index (χ1) is 17.2. The summed E-state index contributed by atoms with van der Waals surface area (Å²) in [6.07, 6.45) is 7.76. The number of fused-ring (bicyclic) bond motifs is 1. The molecule has 1 aliphatic heterocycles. The molecule has 1 unspecified atom stereocenters. The highest BCUT2D eigenvalue weighted by Gasteiger charge is 2.21. The second-order valence-corrected chi connectivity index (χ2v) is 9.37. The second-order valence-electron chi connectivity index (χ2n) is 9.37. The van der Waals surface area contributed by atoms with Gasteiger partial charge in [-0.05, 0) is 60.8 Å². The normalized spacial score (nSPS) is 16.2. The van der Waals surface area contributed by atoms with Crippen LogP contribution in [0.25, 0.3) is 16.6 Å². The number of ether oxygens (including phenoxy) is 1. The van der Waals surface area contributed by atoms with Crippen LogP contribution in [0.2, 0.25) is 0 Å². The van der Waals surface area contributed by atoms with Crippen LogP contribution in [-0.2, 0) is 11.2 Å². The lowest BCUT2D eigenvalue weighted by Crippen LogP contribution is -2.48. The van der Waals surface area contributed by atoms with E-state index in [0.717, 1.165) is 68.9 Å². The Bertz CT molecular complexity index is 1220. The van der Waals surface area contributed by atoms with Gasteiger partial charge >= 0.3 is 0 Å². The Kier molecular flexibility index (Phi) is 7.51. The zero-order valence-electron chi connectivity index (χ0n) is 20.2. The van der Waals surface area contributed by atoms with Gasteiger partial charge in [0.25, 0.3) is 0 Å². The van der Waals surface area contributed by atoms with Crippen molar-refractivity contribution >= 4 is 10.9 Å². The van der Waals surface area contributed by atoms with Gasteiger partial charge in [0.1, 0.15) is 18.5 Å². The molecule has 4 aromatic rings. The number of H-pyrrole nitrogens is 1. The summed E-state index contributed by atoms with van der Waals surface area (Å²) in [6, 6.07) is 13.3. The number of rotatable bonds is 10. The average Bonchev–Trinajstić information content (AvgIpc) is 3.55. The van der Waals surface area contributed by atoms with E-state index in [1.165, 1.54) is 17.0 Å². The lowest BCUT2D eigenvalue weighted by atomic mass is 9.99. The molecule has 1 atom stereocenters. The highest BCUT2D eigenvalue weighted by Crippen LogP contribution is 2.23. The van der Waals surface area contributed by atoms with Crippen molar-refractivity contribution in [2.75, 3.05) is 53.0 Å². The van der Waals surface area contributed by atoms with Crippen LogP contribution in [-0.4, -0.2) is 82.5 Å². The number of hydrogen-bond acceptors (Lipinski definition) is 5. The number of nitrogens with zero attached hydrogens (tertiary/aromatic N) is 5. The lowest BCUT2D eigenvalue weighted by Gasteiger charge is -2.36. The summed E-state index contributed by atoms with van der Waals surface area (Å²) in [4.78, 5) is 8.45. The molecule has 8 heteroatoms. The van der Waals surface area contributed by atoms with Gasteiger partial charge < -0.3 is 19.5 Å². The van der Waals surface area contributed by atoms with Crippen LogP contribution >= 0.6 is 0 Å². The molecule has 0 saturated carbocycles. The predicted molar refractivity (Wildman–Crippen MR) is 135 cm³/mol. The summed E-state index contributed by atoms with van der Waals surface area (Å²) in [6.45, 7) is 6.79. The molecule has 1 fully saturated rings. The van der Waals surface area contributed by atoms with Crippen LogP contribution in [0, 0.1) is 5.82 Å². The molecule has 1 saturated heterocycles. The largest absolute Gasteiger partial charge is 0.384 e. The van der Waals surface area contributed by atoms with Crippen molar-refractivity contribution in [1.29, 1.82) is 0 Å². The number of nitrogens with one attached hydrogen (secondary N) is 1. The molecule has 2 aromatic carbocycles. The Morgan fingerprint density at radius 3 is 2.60 bits per heavy atom. The molecule has 35 heavy (non-hydrogen) atoms. The van der Waals surface area contributed by atoms with Crippen LogP contribution in [0.5, 0.6) is 0 Å². The molecule has 0 radical (unpaired) electrons. The van der Waals surface area contributed by atoms with E-state index in [1.54, 1.807) is 31.9 Å². The Morgan fingerprint density at radius 1 is 1.03 bits per heavy atom. The fourth-order valence-electron chi connectivity index (χ4n) is 5.08. The Balaban J connectivity index is 1.11. The van der Waals surface area contributed by atoms with Crippen LogP contribution in [0.3, 0.4) is 0 Å². The van der Waals surface area contributed by atoms with Gasteiger partial charge in [-0.25, -0.2) is 4.39 Å².